The molecule has 0 spiro atoms. The van der Waals surface area contributed by atoms with Crippen molar-refractivity contribution >= 4 is 16.7 Å². The molecule has 3 nitrogen and oxygen atoms in total. The van der Waals surface area contributed by atoms with E-state index in [1.165, 1.54) is 0 Å². The molecular weight excluding hydrogens is 270 g/mol. The number of para-hydroxylation sites is 2. The average Bonchev–Trinajstić information content (AvgIpc) is 3.04. The van der Waals surface area contributed by atoms with Gasteiger partial charge in [0.05, 0.1) is 28.6 Å². The van der Waals surface area contributed by atoms with Crippen LogP contribution in [0.2, 0.25) is 0 Å². The predicted octanol–water partition coefficient (Wildman–Crippen LogP) is 4.88. The molecule has 4 aromatic rings. The van der Waals surface area contributed by atoms with Gasteiger partial charge in [0.25, 0.3) is 0 Å². The molecule has 0 amide bonds. The minimum Gasteiger partial charge on any atom is -0.289 e. The van der Waals surface area contributed by atoms with Crippen molar-refractivity contribution in [3.8, 4) is 11.3 Å². The first-order chi connectivity index (χ1) is 10.8. The van der Waals surface area contributed by atoms with E-state index < -0.39 is 0 Å². The Labute approximate surface area is 130 Å². The van der Waals surface area contributed by atoms with Crippen LogP contribution in [0.1, 0.15) is 19.5 Å². The molecule has 0 unspecified atom stereocenters. The Morgan fingerprint density at radius 2 is 1.55 bits per heavy atom. The number of aromatic nitrogens is 3. The van der Waals surface area contributed by atoms with Crippen LogP contribution in [0.25, 0.3) is 27.9 Å². The molecule has 0 radical (unpaired) electrons. The maximum Gasteiger partial charge on any atom is 0.159 e. The van der Waals surface area contributed by atoms with Crippen LogP contribution in [0.15, 0.2) is 60.8 Å². The molecule has 0 aliphatic heterocycles. The normalized spacial score (nSPS) is 10.5. The number of imidazole rings is 1. The predicted molar refractivity (Wildman–Crippen MR) is 92.0 cm³/mol. The molecule has 0 fully saturated rings. The van der Waals surface area contributed by atoms with Crippen LogP contribution < -0.4 is 0 Å². The van der Waals surface area contributed by atoms with E-state index in [1.807, 2.05) is 63.4 Å². The summed E-state index contributed by atoms with van der Waals surface area (Å²) >= 11 is 0. The van der Waals surface area contributed by atoms with E-state index in [0.29, 0.717) is 0 Å². The van der Waals surface area contributed by atoms with Crippen LogP contribution >= 0.6 is 0 Å². The van der Waals surface area contributed by atoms with Gasteiger partial charge in [-0.2, -0.15) is 0 Å². The Kier molecular flexibility index (Phi) is 3.88. The fraction of sp³-hybridized carbons (Fsp3) is 0.158. The highest BCUT2D eigenvalue weighted by Gasteiger charge is 2.11. The topological polar surface area (TPSA) is 30.2 Å². The van der Waals surface area contributed by atoms with Gasteiger partial charge in [-0.1, -0.05) is 56.3 Å². The first-order valence-corrected chi connectivity index (χ1v) is 7.63. The van der Waals surface area contributed by atoms with Crippen molar-refractivity contribution < 1.29 is 0 Å². The summed E-state index contributed by atoms with van der Waals surface area (Å²) in [6.45, 7) is 6.00. The number of hydrogen-bond acceptors (Lipinski definition) is 2. The molecule has 2 aromatic carbocycles. The SMILES string of the molecule is CC.Cc1nc2ccccc2n2c(-c3ccccc3)cnc12. The molecule has 2 heterocycles. The van der Waals surface area contributed by atoms with Crippen LogP contribution in [-0.4, -0.2) is 14.4 Å². The van der Waals surface area contributed by atoms with Crippen LogP contribution in [0.3, 0.4) is 0 Å². The van der Waals surface area contributed by atoms with E-state index in [0.717, 1.165) is 33.6 Å². The van der Waals surface area contributed by atoms with Crippen molar-refractivity contribution in [1.29, 1.82) is 0 Å². The maximum absolute atomic E-state index is 4.63. The summed E-state index contributed by atoms with van der Waals surface area (Å²) < 4.78 is 2.19. The minimum absolute atomic E-state index is 0.919. The number of benzene rings is 2. The van der Waals surface area contributed by atoms with Crippen LogP contribution in [-0.2, 0) is 0 Å². The fourth-order valence-corrected chi connectivity index (χ4v) is 2.64. The van der Waals surface area contributed by atoms with Gasteiger partial charge in [0.1, 0.15) is 0 Å². The molecule has 0 atom stereocenters. The Bertz CT molecular complexity index is 908. The number of rotatable bonds is 1. The van der Waals surface area contributed by atoms with Crippen molar-refractivity contribution in [2.24, 2.45) is 0 Å². The summed E-state index contributed by atoms with van der Waals surface area (Å²) in [5.41, 5.74) is 6.21. The first kappa shape index (κ1) is 14.3. The lowest BCUT2D eigenvalue weighted by molar-refractivity contribution is 1.15. The van der Waals surface area contributed by atoms with Gasteiger partial charge in [-0.05, 0) is 19.1 Å². The molecule has 3 heteroatoms. The Morgan fingerprint density at radius 3 is 2.32 bits per heavy atom. The molecule has 2 aromatic heterocycles. The van der Waals surface area contributed by atoms with E-state index in [2.05, 4.69) is 32.6 Å². The largest absolute Gasteiger partial charge is 0.289 e. The van der Waals surface area contributed by atoms with E-state index in [-0.39, 0.29) is 0 Å². The smallest absolute Gasteiger partial charge is 0.159 e. The summed E-state index contributed by atoms with van der Waals surface area (Å²) in [5.74, 6) is 0. The van der Waals surface area contributed by atoms with Gasteiger partial charge in [0, 0.05) is 5.56 Å². The van der Waals surface area contributed by atoms with Crippen molar-refractivity contribution in [3.05, 3.63) is 66.5 Å². The fourth-order valence-electron chi connectivity index (χ4n) is 2.64. The molecule has 0 aliphatic rings. The van der Waals surface area contributed by atoms with Gasteiger partial charge >= 0.3 is 0 Å². The van der Waals surface area contributed by atoms with Crippen LogP contribution in [0, 0.1) is 6.92 Å². The van der Waals surface area contributed by atoms with Crippen molar-refractivity contribution in [2.75, 3.05) is 0 Å². The summed E-state index contributed by atoms with van der Waals surface area (Å²) in [6, 6.07) is 18.5. The van der Waals surface area contributed by atoms with Crippen LogP contribution in [0.4, 0.5) is 0 Å². The summed E-state index contributed by atoms with van der Waals surface area (Å²) in [5, 5.41) is 0. The highest BCUT2D eigenvalue weighted by atomic mass is 15.0. The van der Waals surface area contributed by atoms with Crippen molar-refractivity contribution in [3.63, 3.8) is 0 Å². The maximum atomic E-state index is 4.63. The van der Waals surface area contributed by atoms with Crippen molar-refractivity contribution in [1.82, 2.24) is 14.4 Å². The quantitative estimate of drug-likeness (QED) is 0.499. The summed E-state index contributed by atoms with van der Waals surface area (Å²) in [4.78, 5) is 9.17. The average molecular weight is 289 g/mol. The second kappa shape index (κ2) is 5.98. The van der Waals surface area contributed by atoms with E-state index in [1.54, 1.807) is 0 Å². The minimum atomic E-state index is 0.919. The van der Waals surface area contributed by atoms with Gasteiger partial charge in [0.15, 0.2) is 5.65 Å². The van der Waals surface area contributed by atoms with E-state index in [4.69, 9.17) is 0 Å². The molecule has 4 rings (SSSR count). The molecular formula is C19H19N3. The zero-order valence-corrected chi connectivity index (χ0v) is 13.1. The zero-order valence-electron chi connectivity index (χ0n) is 13.1. The van der Waals surface area contributed by atoms with Gasteiger partial charge in [0.2, 0.25) is 0 Å². The third-order valence-electron chi connectivity index (χ3n) is 3.57. The summed E-state index contributed by atoms with van der Waals surface area (Å²) in [7, 11) is 0. The lowest BCUT2D eigenvalue weighted by atomic mass is 10.1. The molecule has 0 saturated heterocycles. The standard InChI is InChI=1S/C17H13N3.C2H6/c1-12-17-18-11-16(13-7-3-2-4-8-13)20(17)15-10-6-5-9-14(15)19-12;1-2/h2-11H,1H3;1-2H3. The van der Waals surface area contributed by atoms with Crippen LogP contribution in [0.5, 0.6) is 0 Å². The number of hydrogen-bond donors (Lipinski definition) is 0. The second-order valence-electron chi connectivity index (χ2n) is 4.85. The lowest BCUT2D eigenvalue weighted by Crippen LogP contribution is -1.96. The van der Waals surface area contributed by atoms with Gasteiger partial charge in [-0.3, -0.25) is 4.40 Å². The Balaban J connectivity index is 0.000000693. The molecule has 110 valence electrons. The third kappa shape index (κ3) is 2.25. The number of nitrogens with zero attached hydrogens (tertiary/aromatic N) is 3. The highest BCUT2D eigenvalue weighted by Crippen LogP contribution is 2.25. The second-order valence-corrected chi connectivity index (χ2v) is 4.85. The molecule has 0 saturated carbocycles. The van der Waals surface area contributed by atoms with E-state index >= 15 is 0 Å². The van der Waals surface area contributed by atoms with Gasteiger partial charge in [-0.15, -0.1) is 0 Å². The monoisotopic (exact) mass is 289 g/mol. The highest BCUT2D eigenvalue weighted by molar-refractivity contribution is 5.82. The third-order valence-corrected chi connectivity index (χ3v) is 3.57. The number of aryl methyl sites for hydroxylation is 1. The van der Waals surface area contributed by atoms with E-state index in [9.17, 15) is 0 Å². The van der Waals surface area contributed by atoms with Gasteiger partial charge in [-0.25, -0.2) is 9.97 Å². The molecule has 0 N–H and O–H groups in total. The first-order valence-electron chi connectivity index (χ1n) is 7.63. The number of fused-ring (bicyclic) bond motifs is 3. The lowest BCUT2D eigenvalue weighted by Gasteiger charge is -2.07. The van der Waals surface area contributed by atoms with Gasteiger partial charge < -0.3 is 0 Å². The Morgan fingerprint density at radius 1 is 0.864 bits per heavy atom. The van der Waals surface area contributed by atoms with Crippen molar-refractivity contribution in [2.45, 2.75) is 20.8 Å². The molecule has 22 heavy (non-hydrogen) atoms. The molecule has 0 aliphatic carbocycles. The Hall–Kier alpha value is -2.68. The summed E-state index contributed by atoms with van der Waals surface area (Å²) in [6.07, 6.45) is 1.92. The molecule has 0 bridgehead atoms. The zero-order chi connectivity index (χ0) is 15.5.